The quantitative estimate of drug-likeness (QED) is 0.289. The third kappa shape index (κ3) is 3.35. The molecule has 0 aliphatic heterocycles. The van der Waals surface area contributed by atoms with Gasteiger partial charge in [-0.2, -0.15) is 0 Å². The Labute approximate surface area is 205 Å². The molecule has 0 saturated carbocycles. The van der Waals surface area contributed by atoms with Crippen molar-refractivity contribution in [3.8, 4) is 33.4 Å². The zero-order chi connectivity index (χ0) is 24.4. The van der Waals surface area contributed by atoms with E-state index in [-0.39, 0.29) is 10.8 Å². The number of hydrogen-bond acceptors (Lipinski definition) is 0. The fourth-order valence-corrected chi connectivity index (χ4v) is 5.93. The molecular weight excluding hydrogens is 408 g/mol. The van der Waals surface area contributed by atoms with Crippen molar-refractivity contribution in [2.75, 3.05) is 0 Å². The lowest BCUT2D eigenvalue weighted by Crippen LogP contribution is -2.16. The molecule has 0 N–H and O–H groups in total. The summed E-state index contributed by atoms with van der Waals surface area (Å²) < 4.78 is 0. The fourth-order valence-electron chi connectivity index (χ4n) is 5.93. The van der Waals surface area contributed by atoms with E-state index in [0.29, 0.717) is 0 Å². The second kappa shape index (κ2) is 7.70. The number of hydrogen-bond donors (Lipinski definition) is 0. The molecule has 0 radical (unpaired) electrons. The van der Waals surface area contributed by atoms with Crippen LogP contribution in [-0.2, 0) is 10.8 Å². The summed E-state index contributed by atoms with van der Waals surface area (Å²) in [7, 11) is 0. The molecule has 0 heteroatoms. The minimum absolute atomic E-state index is 0.0484. The molecule has 34 heavy (non-hydrogen) atoms. The van der Waals surface area contributed by atoms with Gasteiger partial charge < -0.3 is 0 Å². The summed E-state index contributed by atoms with van der Waals surface area (Å²) >= 11 is 0. The Kier molecular flexibility index (Phi) is 5.13. The predicted molar refractivity (Wildman–Crippen MR) is 148 cm³/mol. The Bertz CT molecular complexity index is 1420. The molecule has 0 spiro atoms. The van der Waals surface area contributed by atoms with Crippen molar-refractivity contribution in [2.24, 2.45) is 0 Å². The molecule has 0 unspecified atom stereocenters. The molecule has 0 saturated heterocycles. The number of aryl methyl sites for hydroxylation is 2. The molecular formula is C34H36. The van der Waals surface area contributed by atoms with Crippen molar-refractivity contribution in [3.05, 3.63) is 106 Å². The van der Waals surface area contributed by atoms with E-state index in [0.717, 1.165) is 0 Å². The molecule has 4 aromatic rings. The Morgan fingerprint density at radius 2 is 1.24 bits per heavy atom. The maximum atomic E-state index is 2.51. The maximum absolute atomic E-state index is 2.51. The summed E-state index contributed by atoms with van der Waals surface area (Å²) in [6, 6.07) is 27.4. The highest BCUT2D eigenvalue weighted by atomic mass is 14.4. The first-order chi connectivity index (χ1) is 16.0. The molecule has 1 aliphatic rings. The van der Waals surface area contributed by atoms with E-state index < -0.39 is 0 Å². The monoisotopic (exact) mass is 444 g/mol. The van der Waals surface area contributed by atoms with Crippen LogP contribution in [0.4, 0.5) is 0 Å². The van der Waals surface area contributed by atoms with Gasteiger partial charge in [0.1, 0.15) is 0 Å². The summed E-state index contributed by atoms with van der Waals surface area (Å²) in [6.45, 7) is 18.5. The molecule has 172 valence electrons. The maximum Gasteiger partial charge on any atom is 0.0159 e. The third-order valence-electron chi connectivity index (χ3n) is 7.82. The van der Waals surface area contributed by atoms with Gasteiger partial charge in [0.25, 0.3) is 0 Å². The first-order valence-electron chi connectivity index (χ1n) is 12.5. The average Bonchev–Trinajstić information content (AvgIpc) is 3.00. The standard InChI is InChI=1S/C34H36/c1-21-17-18-26-29(19-21)34(7,8)30-20-27(25-15-11-12-16-28(25)33(4,5)6)23(3)31(32(26)30)24-14-10-9-13-22(24)2/h9-20H,1-8H3. The average molecular weight is 445 g/mol. The summed E-state index contributed by atoms with van der Waals surface area (Å²) in [5.41, 5.74) is 16.6. The van der Waals surface area contributed by atoms with Crippen LogP contribution in [0.25, 0.3) is 33.4 Å². The third-order valence-corrected chi connectivity index (χ3v) is 7.82. The molecule has 0 amide bonds. The van der Waals surface area contributed by atoms with Gasteiger partial charge in [0.2, 0.25) is 0 Å². The minimum Gasteiger partial charge on any atom is -0.0620 e. The first kappa shape index (κ1) is 22.7. The van der Waals surface area contributed by atoms with Crippen LogP contribution in [0.5, 0.6) is 0 Å². The highest BCUT2D eigenvalue weighted by Crippen LogP contribution is 2.55. The van der Waals surface area contributed by atoms with Gasteiger partial charge >= 0.3 is 0 Å². The zero-order valence-corrected chi connectivity index (χ0v) is 21.9. The van der Waals surface area contributed by atoms with E-state index in [9.17, 15) is 0 Å². The van der Waals surface area contributed by atoms with Crippen LogP contribution in [0.3, 0.4) is 0 Å². The van der Waals surface area contributed by atoms with E-state index in [2.05, 4.69) is 128 Å². The smallest absolute Gasteiger partial charge is 0.0159 e. The predicted octanol–water partition coefficient (Wildman–Crippen LogP) is 9.55. The molecule has 0 aromatic heterocycles. The molecule has 5 rings (SSSR count). The Morgan fingerprint density at radius 3 is 1.91 bits per heavy atom. The topological polar surface area (TPSA) is 0 Å². The van der Waals surface area contributed by atoms with Crippen LogP contribution in [0.15, 0.2) is 72.8 Å². The lowest BCUT2D eigenvalue weighted by atomic mass is 9.76. The summed E-state index contributed by atoms with van der Waals surface area (Å²) in [5, 5.41) is 0. The van der Waals surface area contributed by atoms with Crippen LogP contribution < -0.4 is 0 Å². The number of benzene rings is 4. The highest BCUT2D eigenvalue weighted by molar-refractivity contribution is 5.98. The first-order valence-corrected chi connectivity index (χ1v) is 12.5. The summed E-state index contributed by atoms with van der Waals surface area (Å²) in [6.07, 6.45) is 0. The molecule has 0 heterocycles. The lowest BCUT2D eigenvalue weighted by molar-refractivity contribution is 0.592. The van der Waals surface area contributed by atoms with Gasteiger partial charge in [0.05, 0.1) is 0 Å². The van der Waals surface area contributed by atoms with Gasteiger partial charge in [-0.25, -0.2) is 0 Å². The number of rotatable bonds is 2. The Balaban J connectivity index is 1.95. The highest BCUT2D eigenvalue weighted by Gasteiger charge is 2.39. The van der Waals surface area contributed by atoms with Crippen molar-refractivity contribution < 1.29 is 0 Å². The van der Waals surface area contributed by atoms with E-state index in [1.807, 2.05) is 0 Å². The van der Waals surface area contributed by atoms with Gasteiger partial charge in [-0.3, -0.25) is 0 Å². The molecule has 4 aromatic carbocycles. The van der Waals surface area contributed by atoms with Crippen LogP contribution in [0.1, 0.15) is 68.0 Å². The second-order valence-corrected chi connectivity index (χ2v) is 11.6. The number of fused-ring (bicyclic) bond motifs is 3. The van der Waals surface area contributed by atoms with Crippen molar-refractivity contribution in [2.45, 2.75) is 66.2 Å². The van der Waals surface area contributed by atoms with Crippen molar-refractivity contribution >= 4 is 0 Å². The largest absolute Gasteiger partial charge is 0.0620 e. The zero-order valence-electron chi connectivity index (χ0n) is 21.9. The Morgan fingerprint density at radius 1 is 0.588 bits per heavy atom. The van der Waals surface area contributed by atoms with Gasteiger partial charge in [-0.1, -0.05) is 107 Å². The molecule has 0 atom stereocenters. The van der Waals surface area contributed by atoms with Gasteiger partial charge in [-0.05, 0) is 93.5 Å². The molecule has 0 fully saturated rings. The van der Waals surface area contributed by atoms with Crippen LogP contribution >= 0.6 is 0 Å². The van der Waals surface area contributed by atoms with E-state index in [4.69, 9.17) is 0 Å². The minimum atomic E-state index is -0.0484. The van der Waals surface area contributed by atoms with Gasteiger partial charge in [-0.15, -0.1) is 0 Å². The van der Waals surface area contributed by atoms with Crippen LogP contribution in [0, 0.1) is 20.8 Å². The van der Waals surface area contributed by atoms with Crippen molar-refractivity contribution in [3.63, 3.8) is 0 Å². The molecule has 1 aliphatic carbocycles. The normalized spacial score (nSPS) is 14.1. The van der Waals surface area contributed by atoms with Gasteiger partial charge in [0, 0.05) is 5.41 Å². The van der Waals surface area contributed by atoms with Crippen molar-refractivity contribution in [1.29, 1.82) is 0 Å². The SMILES string of the molecule is Cc1ccc2c(c1)C(C)(C)c1cc(-c3ccccc3C(C)(C)C)c(C)c(-c3ccccc3C)c1-2. The Hall–Kier alpha value is -3.12. The molecule has 0 nitrogen and oxygen atoms in total. The molecule has 0 bridgehead atoms. The lowest BCUT2D eigenvalue weighted by Gasteiger charge is -2.28. The summed E-state index contributed by atoms with van der Waals surface area (Å²) in [4.78, 5) is 0. The van der Waals surface area contributed by atoms with Crippen LogP contribution in [-0.4, -0.2) is 0 Å². The second-order valence-electron chi connectivity index (χ2n) is 11.6. The van der Waals surface area contributed by atoms with E-state index >= 15 is 0 Å². The van der Waals surface area contributed by atoms with Gasteiger partial charge in [0.15, 0.2) is 0 Å². The van der Waals surface area contributed by atoms with E-state index in [1.54, 1.807) is 0 Å². The summed E-state index contributed by atoms with van der Waals surface area (Å²) in [5.74, 6) is 0. The van der Waals surface area contributed by atoms with E-state index in [1.165, 1.54) is 66.8 Å². The van der Waals surface area contributed by atoms with Crippen molar-refractivity contribution in [1.82, 2.24) is 0 Å². The van der Waals surface area contributed by atoms with Crippen LogP contribution in [0.2, 0.25) is 0 Å². The fraction of sp³-hybridized carbons (Fsp3) is 0.294.